The van der Waals surface area contributed by atoms with Crippen molar-refractivity contribution in [2.75, 3.05) is 23.8 Å². The summed E-state index contributed by atoms with van der Waals surface area (Å²) < 4.78 is 46.2. The van der Waals surface area contributed by atoms with Crippen LogP contribution < -0.4 is 10.6 Å². The second-order valence-electron chi connectivity index (χ2n) is 7.31. The molecule has 0 aliphatic carbocycles. The molecule has 0 spiro atoms. The second kappa shape index (κ2) is 8.54. The van der Waals surface area contributed by atoms with E-state index in [1.807, 2.05) is 6.92 Å². The van der Waals surface area contributed by atoms with Crippen molar-refractivity contribution >= 4 is 28.3 Å². The largest absolute Gasteiger partial charge is 0.416 e. The molecule has 164 valence electrons. The Morgan fingerprint density at radius 2 is 2.03 bits per heavy atom. The van der Waals surface area contributed by atoms with Gasteiger partial charge in [-0.1, -0.05) is 6.07 Å². The molecule has 4 rings (SSSR count). The van der Waals surface area contributed by atoms with Crippen LogP contribution in [0.4, 0.5) is 24.5 Å². The number of nitrogens with zero attached hydrogens (tertiary/aromatic N) is 3. The van der Waals surface area contributed by atoms with Gasteiger partial charge in [0.2, 0.25) is 0 Å². The third kappa shape index (κ3) is 4.48. The molecule has 1 aromatic carbocycles. The summed E-state index contributed by atoms with van der Waals surface area (Å²) in [5.41, 5.74) is 0.672. The number of rotatable bonds is 5. The number of aryl methyl sites for hydroxylation is 1. The molecule has 3 heterocycles. The van der Waals surface area contributed by atoms with Crippen molar-refractivity contribution in [3.63, 3.8) is 0 Å². The van der Waals surface area contributed by atoms with Crippen LogP contribution in [0.1, 0.15) is 35.7 Å². The number of halogens is 3. The first-order valence-electron chi connectivity index (χ1n) is 10.0. The average molecular weight is 433 g/mol. The van der Waals surface area contributed by atoms with Crippen molar-refractivity contribution in [1.82, 2.24) is 14.8 Å². The molecule has 0 radical (unpaired) electrons. The van der Waals surface area contributed by atoms with E-state index in [2.05, 4.69) is 20.7 Å². The van der Waals surface area contributed by atoms with Gasteiger partial charge in [0.1, 0.15) is 0 Å². The van der Waals surface area contributed by atoms with Gasteiger partial charge in [0.05, 0.1) is 28.4 Å². The van der Waals surface area contributed by atoms with Crippen LogP contribution in [0.15, 0.2) is 36.7 Å². The van der Waals surface area contributed by atoms with Crippen LogP contribution in [-0.4, -0.2) is 39.9 Å². The second-order valence-corrected chi connectivity index (χ2v) is 7.31. The molecule has 2 aromatic heterocycles. The maximum absolute atomic E-state index is 13.0. The Bertz CT molecular complexity index is 1090. The summed E-state index contributed by atoms with van der Waals surface area (Å²) in [7, 11) is 0. The van der Waals surface area contributed by atoms with Crippen LogP contribution in [-0.2, 0) is 17.5 Å². The Morgan fingerprint density at radius 3 is 2.74 bits per heavy atom. The molecule has 0 saturated carbocycles. The molecule has 0 unspecified atom stereocenters. The lowest BCUT2D eigenvalue weighted by Gasteiger charge is -2.25. The number of fused-ring (bicyclic) bond motifs is 1. The van der Waals surface area contributed by atoms with Crippen LogP contribution in [0.2, 0.25) is 0 Å². The van der Waals surface area contributed by atoms with Crippen LogP contribution >= 0.6 is 0 Å². The van der Waals surface area contributed by atoms with Crippen molar-refractivity contribution in [2.45, 2.75) is 38.5 Å². The maximum Gasteiger partial charge on any atom is 0.416 e. The van der Waals surface area contributed by atoms with Crippen molar-refractivity contribution in [1.29, 1.82) is 0 Å². The predicted octanol–water partition coefficient (Wildman–Crippen LogP) is 4.31. The van der Waals surface area contributed by atoms with E-state index in [0.717, 1.165) is 25.0 Å². The molecule has 1 amide bonds. The predicted molar refractivity (Wildman–Crippen MR) is 110 cm³/mol. The molecule has 0 bridgehead atoms. The number of ether oxygens (including phenoxy) is 1. The van der Waals surface area contributed by atoms with Gasteiger partial charge in [-0.05, 0) is 38.0 Å². The molecule has 2 N–H and O–H groups in total. The van der Waals surface area contributed by atoms with E-state index in [0.29, 0.717) is 36.5 Å². The number of hydrogen-bond donors (Lipinski definition) is 2. The molecule has 0 atom stereocenters. The van der Waals surface area contributed by atoms with Gasteiger partial charge in [0.15, 0.2) is 5.65 Å². The molecule has 1 aliphatic heterocycles. The monoisotopic (exact) mass is 433 g/mol. The highest BCUT2D eigenvalue weighted by molar-refractivity contribution is 6.12. The minimum atomic E-state index is -4.49. The molecule has 1 aliphatic rings. The lowest BCUT2D eigenvalue weighted by Crippen LogP contribution is -2.29. The Kier molecular flexibility index (Phi) is 5.81. The van der Waals surface area contributed by atoms with Crippen molar-refractivity contribution in [2.24, 2.45) is 0 Å². The summed E-state index contributed by atoms with van der Waals surface area (Å²) in [5.74, 6) is -0.549. The zero-order valence-electron chi connectivity index (χ0n) is 16.9. The molecule has 7 nitrogen and oxygen atoms in total. The van der Waals surface area contributed by atoms with Crippen molar-refractivity contribution < 1.29 is 22.7 Å². The van der Waals surface area contributed by atoms with Gasteiger partial charge in [0.25, 0.3) is 5.91 Å². The number of alkyl halides is 3. The normalized spacial score (nSPS) is 15.2. The van der Waals surface area contributed by atoms with Crippen LogP contribution in [0.5, 0.6) is 0 Å². The van der Waals surface area contributed by atoms with Gasteiger partial charge in [-0.25, -0.2) is 9.67 Å². The zero-order chi connectivity index (χ0) is 22.0. The minimum absolute atomic E-state index is 0.0567. The van der Waals surface area contributed by atoms with Crippen LogP contribution in [0.25, 0.3) is 11.0 Å². The van der Waals surface area contributed by atoms with Gasteiger partial charge in [-0.2, -0.15) is 18.3 Å². The van der Waals surface area contributed by atoms with Crippen LogP contribution in [0, 0.1) is 0 Å². The van der Waals surface area contributed by atoms with Gasteiger partial charge >= 0.3 is 6.18 Å². The summed E-state index contributed by atoms with van der Waals surface area (Å²) in [4.78, 5) is 17.4. The summed E-state index contributed by atoms with van der Waals surface area (Å²) in [6.07, 6.45) is 0.141. The third-order valence-corrected chi connectivity index (χ3v) is 5.23. The fourth-order valence-electron chi connectivity index (χ4n) is 3.60. The van der Waals surface area contributed by atoms with Crippen molar-refractivity contribution in [3.8, 4) is 0 Å². The van der Waals surface area contributed by atoms with Gasteiger partial charge in [-0.15, -0.1) is 0 Å². The number of benzene rings is 1. The molecule has 3 aromatic rings. The summed E-state index contributed by atoms with van der Waals surface area (Å²) in [5, 5.41) is 11.0. The number of anilines is 2. The number of amides is 1. The van der Waals surface area contributed by atoms with E-state index < -0.39 is 17.6 Å². The van der Waals surface area contributed by atoms with Gasteiger partial charge in [0, 0.05) is 37.7 Å². The SMILES string of the molecule is CCn1ncc2c(NC3CCOCC3)c(C(=O)Nc3cccc(C(F)(F)F)c3)cnc21. The summed E-state index contributed by atoms with van der Waals surface area (Å²) in [6, 6.07) is 4.64. The maximum atomic E-state index is 13.0. The fourth-order valence-corrected chi connectivity index (χ4v) is 3.60. The summed E-state index contributed by atoms with van der Waals surface area (Å²) >= 11 is 0. The molecule has 1 fully saturated rings. The van der Waals surface area contributed by atoms with E-state index in [1.54, 1.807) is 10.9 Å². The minimum Gasteiger partial charge on any atom is -0.381 e. The number of carbonyl (C=O) groups is 1. The fraction of sp³-hybridized carbons (Fsp3) is 0.381. The smallest absolute Gasteiger partial charge is 0.381 e. The summed E-state index contributed by atoms with van der Waals surface area (Å²) in [6.45, 7) is 3.79. The first kappa shape index (κ1) is 21.1. The number of aromatic nitrogens is 3. The molecule has 10 heteroatoms. The van der Waals surface area contributed by atoms with Crippen LogP contribution in [0.3, 0.4) is 0 Å². The van der Waals surface area contributed by atoms with Crippen molar-refractivity contribution in [3.05, 3.63) is 47.8 Å². The first-order chi connectivity index (χ1) is 14.9. The lowest BCUT2D eigenvalue weighted by molar-refractivity contribution is -0.137. The third-order valence-electron chi connectivity index (χ3n) is 5.23. The molecular weight excluding hydrogens is 411 g/mol. The van der Waals surface area contributed by atoms with E-state index in [4.69, 9.17) is 4.74 Å². The first-order valence-corrected chi connectivity index (χ1v) is 10.0. The highest BCUT2D eigenvalue weighted by atomic mass is 19.4. The van der Waals surface area contributed by atoms with E-state index in [-0.39, 0.29) is 17.3 Å². The lowest BCUT2D eigenvalue weighted by atomic mass is 10.1. The van der Waals surface area contributed by atoms with E-state index in [1.165, 1.54) is 18.3 Å². The van der Waals surface area contributed by atoms with E-state index >= 15 is 0 Å². The Balaban J connectivity index is 1.68. The topological polar surface area (TPSA) is 81.1 Å². The zero-order valence-corrected chi connectivity index (χ0v) is 16.9. The number of pyridine rings is 1. The molecule has 31 heavy (non-hydrogen) atoms. The Morgan fingerprint density at radius 1 is 1.26 bits per heavy atom. The number of hydrogen-bond acceptors (Lipinski definition) is 5. The number of carbonyl (C=O) groups excluding carboxylic acids is 1. The standard InChI is InChI=1S/C21H22F3N5O2/c1-2-29-19-16(12-26-29)18(27-14-6-8-31-9-7-14)17(11-25-19)20(30)28-15-5-3-4-13(10-15)21(22,23)24/h3-5,10-12,14H,2,6-9H2,1H3,(H,25,27)(H,28,30). The Hall–Kier alpha value is -3.14. The van der Waals surface area contributed by atoms with Gasteiger partial charge < -0.3 is 15.4 Å². The highest BCUT2D eigenvalue weighted by Gasteiger charge is 2.30. The van der Waals surface area contributed by atoms with E-state index in [9.17, 15) is 18.0 Å². The molecular formula is C21H22F3N5O2. The molecule has 1 saturated heterocycles. The quantitative estimate of drug-likeness (QED) is 0.627. The number of nitrogens with one attached hydrogen (secondary N) is 2. The Labute approximate surface area is 176 Å². The van der Waals surface area contributed by atoms with Gasteiger partial charge in [-0.3, -0.25) is 4.79 Å². The average Bonchev–Trinajstić information content (AvgIpc) is 3.18. The highest BCUT2D eigenvalue weighted by Crippen LogP contribution is 2.32.